The predicted molar refractivity (Wildman–Crippen MR) is 278 cm³/mol. The topological polar surface area (TPSA) is 6.48 Å². The van der Waals surface area contributed by atoms with Gasteiger partial charge in [0.15, 0.2) is 0 Å². The van der Waals surface area contributed by atoms with Crippen molar-refractivity contribution < 1.29 is 0 Å². The molecule has 0 radical (unpaired) electrons. The van der Waals surface area contributed by atoms with Gasteiger partial charge in [-0.15, -0.1) is 11.3 Å². The molecular weight excluding hydrogens is 817 g/mol. The van der Waals surface area contributed by atoms with E-state index in [0.717, 1.165) is 28.4 Å². The van der Waals surface area contributed by atoms with E-state index >= 15 is 0 Å². The first-order valence-corrected chi connectivity index (χ1v) is 23.5. The Morgan fingerprint density at radius 1 is 0.318 bits per heavy atom. The molecule has 1 atom stereocenters. The quantitative estimate of drug-likeness (QED) is 0.150. The third-order valence-electron chi connectivity index (χ3n) is 13.7. The van der Waals surface area contributed by atoms with Crippen LogP contribution in [0.25, 0.3) is 53.9 Å². The fraction of sp³-hybridized carbons (Fsp3) is 0.0159. The summed E-state index contributed by atoms with van der Waals surface area (Å²) >= 11 is 1.93. The number of rotatable bonds is 8. The van der Waals surface area contributed by atoms with Gasteiger partial charge in [0, 0.05) is 43.6 Å². The smallest absolute Gasteiger partial charge is 0.0741 e. The second-order valence-electron chi connectivity index (χ2n) is 17.2. The number of hydrogen-bond acceptors (Lipinski definition) is 3. The van der Waals surface area contributed by atoms with Crippen molar-refractivity contribution in [2.75, 3.05) is 9.80 Å². The summed E-state index contributed by atoms with van der Waals surface area (Å²) in [5, 5.41) is 1.32. The van der Waals surface area contributed by atoms with Crippen LogP contribution in [0.1, 0.15) is 22.3 Å². The van der Waals surface area contributed by atoms with Gasteiger partial charge < -0.3 is 9.80 Å². The minimum atomic E-state index is -0.531. The van der Waals surface area contributed by atoms with Gasteiger partial charge in [0.05, 0.1) is 11.1 Å². The van der Waals surface area contributed by atoms with Crippen molar-refractivity contribution in [1.82, 2.24) is 0 Å². The van der Waals surface area contributed by atoms with E-state index in [1.807, 2.05) is 11.3 Å². The fourth-order valence-corrected chi connectivity index (χ4v) is 12.2. The number of benzene rings is 10. The summed E-state index contributed by atoms with van der Waals surface area (Å²) in [6.07, 6.45) is 0. The van der Waals surface area contributed by atoms with E-state index < -0.39 is 5.41 Å². The number of para-hydroxylation sites is 3. The maximum Gasteiger partial charge on any atom is 0.0741 e. The molecular formula is C63H42N2S. The van der Waals surface area contributed by atoms with E-state index in [1.54, 1.807) is 0 Å². The molecule has 1 aromatic heterocycles. The minimum absolute atomic E-state index is 0.531. The Labute approximate surface area is 389 Å². The molecule has 2 nitrogen and oxygen atoms in total. The number of anilines is 6. The lowest BCUT2D eigenvalue weighted by atomic mass is 9.69. The Morgan fingerprint density at radius 3 is 1.44 bits per heavy atom. The Hall–Kier alpha value is -8.24. The number of thiophene rings is 1. The number of hydrogen-bond donors (Lipinski definition) is 0. The van der Waals surface area contributed by atoms with Crippen LogP contribution in [0.4, 0.5) is 34.1 Å². The van der Waals surface area contributed by atoms with Crippen LogP contribution in [0.5, 0.6) is 0 Å². The highest BCUT2D eigenvalue weighted by Gasteiger charge is 2.54. The van der Waals surface area contributed by atoms with E-state index in [2.05, 4.69) is 265 Å². The second-order valence-corrected chi connectivity index (χ2v) is 18.2. The average Bonchev–Trinajstić information content (AvgIpc) is 4.02. The molecule has 2 aliphatic carbocycles. The molecule has 2 aliphatic rings. The van der Waals surface area contributed by atoms with Gasteiger partial charge in [-0.3, -0.25) is 0 Å². The molecule has 0 saturated heterocycles. The summed E-state index contributed by atoms with van der Waals surface area (Å²) in [4.78, 5) is 6.13. The molecule has 13 rings (SSSR count). The van der Waals surface area contributed by atoms with Crippen molar-refractivity contribution >= 4 is 55.5 Å². The molecule has 11 aromatic rings. The van der Waals surface area contributed by atoms with E-state index in [1.165, 1.54) is 81.8 Å². The Balaban J connectivity index is 0.985. The van der Waals surface area contributed by atoms with Crippen LogP contribution in [0, 0.1) is 0 Å². The highest BCUT2D eigenvalue weighted by molar-refractivity contribution is 7.22. The molecule has 66 heavy (non-hydrogen) atoms. The summed E-state index contributed by atoms with van der Waals surface area (Å²) in [6, 6.07) is 93.4. The Bertz CT molecular complexity index is 3520. The van der Waals surface area contributed by atoms with Gasteiger partial charge in [0.1, 0.15) is 0 Å². The van der Waals surface area contributed by atoms with Crippen LogP contribution in [0.2, 0.25) is 0 Å². The molecule has 3 heteroatoms. The van der Waals surface area contributed by atoms with Crippen molar-refractivity contribution in [3.63, 3.8) is 0 Å². The van der Waals surface area contributed by atoms with Crippen LogP contribution in [0.15, 0.2) is 255 Å². The number of fused-ring (bicyclic) bond motifs is 12. The standard InChI is InChI=1S/C63H42N2S/c1-5-18-43(19-6-1)44-32-37-50(38-33-44)64(47-20-7-2-8-21-47)51-39-34-45(35-40-51)46-36-41-53-52-26-13-15-28-55(52)63(57(53)42-46)56-29-17-30-58(60(56)62-61(63)54-27-14-16-31-59(54)66-62)65(48-22-9-3-10-23-48)49-24-11-4-12-25-49/h1-42H. The largest absolute Gasteiger partial charge is 0.311 e. The van der Waals surface area contributed by atoms with E-state index in [9.17, 15) is 0 Å². The molecule has 0 bridgehead atoms. The lowest BCUT2D eigenvalue weighted by Gasteiger charge is -2.32. The first-order valence-electron chi connectivity index (χ1n) is 22.7. The van der Waals surface area contributed by atoms with Gasteiger partial charge in [-0.1, -0.05) is 176 Å². The van der Waals surface area contributed by atoms with E-state index in [0.29, 0.717) is 0 Å². The molecule has 0 saturated carbocycles. The highest BCUT2D eigenvalue weighted by Crippen LogP contribution is 2.68. The van der Waals surface area contributed by atoms with Crippen LogP contribution in [-0.2, 0) is 5.41 Å². The summed E-state index contributed by atoms with van der Waals surface area (Å²) in [6.45, 7) is 0. The predicted octanol–water partition coefficient (Wildman–Crippen LogP) is 17.5. The van der Waals surface area contributed by atoms with E-state index in [-0.39, 0.29) is 0 Å². The molecule has 10 aromatic carbocycles. The van der Waals surface area contributed by atoms with Crippen molar-refractivity contribution in [3.05, 3.63) is 277 Å². The van der Waals surface area contributed by atoms with Crippen LogP contribution < -0.4 is 9.80 Å². The SMILES string of the molecule is c1ccc(-c2ccc(N(c3ccccc3)c3ccc(-c4ccc5c(c4)C4(c6ccccc6-5)c5cccc(N(c6ccccc6)c6ccccc6)c5-c5sc6ccccc6c54)cc3)cc2)cc1. The Morgan fingerprint density at radius 2 is 0.788 bits per heavy atom. The monoisotopic (exact) mass is 858 g/mol. The first-order chi connectivity index (χ1) is 32.8. The van der Waals surface area contributed by atoms with Gasteiger partial charge in [0.25, 0.3) is 0 Å². The molecule has 0 fully saturated rings. The maximum absolute atomic E-state index is 2.51. The summed E-state index contributed by atoms with van der Waals surface area (Å²) in [7, 11) is 0. The molecule has 1 unspecified atom stereocenters. The van der Waals surface area contributed by atoms with Gasteiger partial charge in [-0.25, -0.2) is 0 Å². The second kappa shape index (κ2) is 15.5. The van der Waals surface area contributed by atoms with Crippen LogP contribution in [0.3, 0.4) is 0 Å². The third-order valence-corrected chi connectivity index (χ3v) is 14.9. The van der Waals surface area contributed by atoms with Crippen molar-refractivity contribution in [2.45, 2.75) is 5.41 Å². The van der Waals surface area contributed by atoms with Crippen molar-refractivity contribution in [1.29, 1.82) is 0 Å². The van der Waals surface area contributed by atoms with Gasteiger partial charge in [-0.2, -0.15) is 0 Å². The molecule has 0 amide bonds. The molecule has 0 aliphatic heterocycles. The highest BCUT2D eigenvalue weighted by atomic mass is 32.1. The molecule has 1 spiro atoms. The molecule has 1 heterocycles. The Kier molecular flexibility index (Phi) is 8.97. The lowest BCUT2D eigenvalue weighted by molar-refractivity contribution is 0.803. The van der Waals surface area contributed by atoms with Crippen LogP contribution >= 0.6 is 11.3 Å². The van der Waals surface area contributed by atoms with Crippen LogP contribution in [-0.4, -0.2) is 0 Å². The third kappa shape index (κ3) is 5.87. The zero-order valence-electron chi connectivity index (χ0n) is 36.1. The van der Waals surface area contributed by atoms with Crippen molar-refractivity contribution in [2.24, 2.45) is 0 Å². The van der Waals surface area contributed by atoms with E-state index in [4.69, 9.17) is 0 Å². The van der Waals surface area contributed by atoms with Crippen molar-refractivity contribution in [3.8, 4) is 43.8 Å². The fourth-order valence-electron chi connectivity index (χ4n) is 10.9. The van der Waals surface area contributed by atoms with Gasteiger partial charge in [0.2, 0.25) is 0 Å². The normalized spacial score (nSPS) is 14.1. The van der Waals surface area contributed by atoms with Gasteiger partial charge in [-0.05, 0) is 140 Å². The molecule has 310 valence electrons. The summed E-state index contributed by atoms with van der Waals surface area (Å²) < 4.78 is 1.31. The minimum Gasteiger partial charge on any atom is -0.311 e. The summed E-state index contributed by atoms with van der Waals surface area (Å²) in [5.41, 5.74) is 20.4. The summed E-state index contributed by atoms with van der Waals surface area (Å²) in [5.74, 6) is 0. The zero-order valence-corrected chi connectivity index (χ0v) is 36.9. The number of nitrogens with zero attached hydrogens (tertiary/aromatic N) is 2. The first kappa shape index (κ1) is 38.2. The van der Waals surface area contributed by atoms with Gasteiger partial charge >= 0.3 is 0 Å². The zero-order chi connectivity index (χ0) is 43.6. The maximum atomic E-state index is 2.51. The lowest BCUT2D eigenvalue weighted by Crippen LogP contribution is -2.26. The molecule has 0 N–H and O–H groups in total. The average molecular weight is 859 g/mol.